The van der Waals surface area contributed by atoms with Crippen LogP contribution in [0.1, 0.15) is 29.1 Å². The Morgan fingerprint density at radius 3 is 2.73 bits per heavy atom. The van der Waals surface area contributed by atoms with Crippen molar-refractivity contribution >= 4 is 28.8 Å². The lowest BCUT2D eigenvalue weighted by atomic mass is 10.1. The van der Waals surface area contributed by atoms with Gasteiger partial charge in [0, 0.05) is 11.9 Å². The van der Waals surface area contributed by atoms with E-state index in [1.165, 1.54) is 11.3 Å². The molecule has 1 N–H and O–H groups in total. The zero-order chi connectivity index (χ0) is 11.4. The number of halogens is 1. The normalized spacial score (nSPS) is 14.7. The molecule has 2 nitrogen and oxygen atoms in total. The molecule has 1 heterocycles. The molecule has 84 valence electrons. The number of carbonyl (C=O) groups excluding carboxylic acids is 1. The summed E-state index contributed by atoms with van der Waals surface area (Å²) in [6, 6.07) is 2.06. The summed E-state index contributed by atoms with van der Waals surface area (Å²) in [5, 5.41) is 4.89. The zero-order valence-electron chi connectivity index (χ0n) is 9.21. The summed E-state index contributed by atoms with van der Waals surface area (Å²) in [7, 11) is 0. The number of hydrogen-bond acceptors (Lipinski definition) is 2. The average molecular weight is 246 g/mol. The molecular formula is C11H16ClNOS. The van der Waals surface area contributed by atoms with Gasteiger partial charge in [0.15, 0.2) is 0 Å². The highest BCUT2D eigenvalue weighted by Crippen LogP contribution is 2.16. The Bertz CT molecular complexity index is 337. The van der Waals surface area contributed by atoms with Crippen LogP contribution in [0.3, 0.4) is 0 Å². The van der Waals surface area contributed by atoms with Gasteiger partial charge in [-0.15, -0.1) is 22.9 Å². The number of carbonyl (C=O) groups is 1. The maximum absolute atomic E-state index is 11.8. The Morgan fingerprint density at radius 2 is 2.27 bits per heavy atom. The van der Waals surface area contributed by atoms with Crippen LogP contribution in [-0.4, -0.2) is 17.8 Å². The third kappa shape index (κ3) is 3.21. The van der Waals surface area contributed by atoms with Crippen molar-refractivity contribution in [2.75, 3.05) is 5.88 Å². The van der Waals surface area contributed by atoms with Gasteiger partial charge < -0.3 is 5.32 Å². The number of aryl methyl sites for hydroxylation is 1. The first-order valence-corrected chi connectivity index (χ1v) is 6.38. The van der Waals surface area contributed by atoms with Gasteiger partial charge in [0.1, 0.15) is 0 Å². The molecule has 0 aliphatic rings. The fourth-order valence-corrected chi connectivity index (χ4v) is 2.25. The zero-order valence-corrected chi connectivity index (χ0v) is 10.8. The number of alkyl halides is 1. The van der Waals surface area contributed by atoms with Crippen molar-refractivity contribution < 1.29 is 4.79 Å². The summed E-state index contributed by atoms with van der Waals surface area (Å²) >= 11 is 7.21. The second kappa shape index (κ2) is 5.52. The van der Waals surface area contributed by atoms with Gasteiger partial charge in [-0.3, -0.25) is 4.79 Å². The summed E-state index contributed by atoms with van der Waals surface area (Å²) in [5.41, 5.74) is 1.03. The van der Waals surface area contributed by atoms with E-state index < -0.39 is 0 Å². The van der Waals surface area contributed by atoms with Crippen molar-refractivity contribution in [2.24, 2.45) is 5.92 Å². The van der Waals surface area contributed by atoms with Crippen LogP contribution in [0.4, 0.5) is 0 Å². The molecule has 0 saturated carbocycles. The minimum absolute atomic E-state index is 0.00645. The monoisotopic (exact) mass is 245 g/mol. The molecule has 0 bridgehead atoms. The lowest BCUT2D eigenvalue weighted by molar-refractivity contribution is 0.0934. The molecule has 1 aromatic rings. The molecule has 4 heteroatoms. The lowest BCUT2D eigenvalue weighted by Crippen LogP contribution is -2.37. The first kappa shape index (κ1) is 12.5. The third-order valence-corrected chi connectivity index (χ3v) is 4.03. The number of hydrogen-bond donors (Lipinski definition) is 1. The molecule has 2 unspecified atom stereocenters. The van der Waals surface area contributed by atoms with E-state index in [9.17, 15) is 4.79 Å². The Kier molecular flexibility index (Phi) is 4.61. The van der Waals surface area contributed by atoms with E-state index in [1.54, 1.807) is 0 Å². The molecule has 0 radical (unpaired) electrons. The predicted molar refractivity (Wildman–Crippen MR) is 65.9 cm³/mol. The van der Waals surface area contributed by atoms with Crippen molar-refractivity contribution in [3.63, 3.8) is 0 Å². The minimum atomic E-state index is 0.00645. The highest BCUT2D eigenvalue weighted by atomic mass is 35.5. The highest BCUT2D eigenvalue weighted by Gasteiger charge is 2.16. The molecule has 0 aliphatic carbocycles. The first-order valence-electron chi connectivity index (χ1n) is 4.97. The van der Waals surface area contributed by atoms with Gasteiger partial charge in [-0.1, -0.05) is 6.92 Å². The molecule has 1 amide bonds. The van der Waals surface area contributed by atoms with Crippen LogP contribution in [0.5, 0.6) is 0 Å². The van der Waals surface area contributed by atoms with Crippen LogP contribution in [0.15, 0.2) is 11.4 Å². The third-order valence-electron chi connectivity index (χ3n) is 2.52. The fourth-order valence-electron chi connectivity index (χ4n) is 1.15. The fraction of sp³-hybridized carbons (Fsp3) is 0.545. The molecule has 0 fully saturated rings. The average Bonchev–Trinajstić information content (AvgIpc) is 2.63. The number of amides is 1. The van der Waals surface area contributed by atoms with Crippen LogP contribution >= 0.6 is 22.9 Å². The van der Waals surface area contributed by atoms with Crippen molar-refractivity contribution in [3.05, 3.63) is 21.9 Å². The van der Waals surface area contributed by atoms with Gasteiger partial charge in [0.2, 0.25) is 0 Å². The van der Waals surface area contributed by atoms with Crippen molar-refractivity contribution in [1.82, 2.24) is 5.32 Å². The summed E-state index contributed by atoms with van der Waals surface area (Å²) in [5.74, 6) is 0.855. The van der Waals surface area contributed by atoms with E-state index in [0.717, 1.165) is 10.4 Å². The van der Waals surface area contributed by atoms with Crippen molar-refractivity contribution in [1.29, 1.82) is 0 Å². The number of rotatable bonds is 4. The topological polar surface area (TPSA) is 29.1 Å². The summed E-state index contributed by atoms with van der Waals surface area (Å²) in [6.07, 6.45) is 0. The first-order chi connectivity index (χ1) is 7.06. The van der Waals surface area contributed by atoms with E-state index in [0.29, 0.717) is 5.88 Å². The molecule has 15 heavy (non-hydrogen) atoms. The van der Waals surface area contributed by atoms with Gasteiger partial charge in [-0.05, 0) is 36.8 Å². The number of nitrogens with one attached hydrogen (secondary N) is 1. The Balaban J connectivity index is 2.60. The maximum atomic E-state index is 11.8. The van der Waals surface area contributed by atoms with E-state index in [4.69, 9.17) is 11.6 Å². The Hall–Kier alpha value is -0.540. The largest absolute Gasteiger partial charge is 0.349 e. The van der Waals surface area contributed by atoms with E-state index in [2.05, 4.69) is 5.32 Å². The quantitative estimate of drug-likeness (QED) is 0.812. The molecule has 0 saturated heterocycles. The molecule has 0 spiro atoms. The molecule has 1 aromatic heterocycles. The van der Waals surface area contributed by atoms with Crippen LogP contribution in [-0.2, 0) is 0 Å². The van der Waals surface area contributed by atoms with Crippen molar-refractivity contribution in [3.8, 4) is 0 Å². The highest BCUT2D eigenvalue weighted by molar-refractivity contribution is 7.12. The maximum Gasteiger partial charge on any atom is 0.261 e. The van der Waals surface area contributed by atoms with Crippen LogP contribution in [0.2, 0.25) is 0 Å². The van der Waals surface area contributed by atoms with Crippen LogP contribution in [0, 0.1) is 12.8 Å². The minimum Gasteiger partial charge on any atom is -0.349 e. The number of thiophene rings is 1. The van der Waals surface area contributed by atoms with Gasteiger partial charge in [0.25, 0.3) is 5.91 Å². The molecule has 0 aromatic carbocycles. The van der Waals surface area contributed by atoms with Gasteiger partial charge >= 0.3 is 0 Å². The van der Waals surface area contributed by atoms with Gasteiger partial charge in [0.05, 0.1) is 4.88 Å². The molecule has 0 aliphatic heterocycles. The van der Waals surface area contributed by atoms with Crippen LogP contribution in [0.25, 0.3) is 0 Å². The second-order valence-electron chi connectivity index (χ2n) is 3.83. The Morgan fingerprint density at radius 1 is 1.60 bits per heavy atom. The van der Waals surface area contributed by atoms with E-state index in [1.807, 2.05) is 32.2 Å². The van der Waals surface area contributed by atoms with Gasteiger partial charge in [-0.25, -0.2) is 0 Å². The van der Waals surface area contributed by atoms with Gasteiger partial charge in [-0.2, -0.15) is 0 Å². The lowest BCUT2D eigenvalue weighted by Gasteiger charge is -2.18. The summed E-state index contributed by atoms with van der Waals surface area (Å²) < 4.78 is 0. The van der Waals surface area contributed by atoms with Crippen molar-refractivity contribution in [2.45, 2.75) is 26.8 Å². The predicted octanol–water partition coefficient (Wildman–Crippen LogP) is 3.05. The van der Waals surface area contributed by atoms with E-state index >= 15 is 0 Å². The standard InChI is InChI=1S/C11H16ClNOS/c1-7-4-5-15-10(7)11(14)13-9(3)8(2)6-12/h4-5,8-9H,6H2,1-3H3,(H,13,14). The smallest absolute Gasteiger partial charge is 0.261 e. The molecular weight excluding hydrogens is 230 g/mol. The Labute approximate surface area is 99.6 Å². The molecule has 2 atom stereocenters. The second-order valence-corrected chi connectivity index (χ2v) is 5.05. The van der Waals surface area contributed by atoms with Crippen LogP contribution < -0.4 is 5.32 Å². The SMILES string of the molecule is Cc1ccsc1C(=O)NC(C)C(C)CCl. The summed E-state index contributed by atoms with van der Waals surface area (Å²) in [4.78, 5) is 12.6. The summed E-state index contributed by atoms with van der Waals surface area (Å²) in [6.45, 7) is 5.95. The van der Waals surface area contributed by atoms with E-state index in [-0.39, 0.29) is 17.9 Å². The molecule has 1 rings (SSSR count).